The van der Waals surface area contributed by atoms with Gasteiger partial charge in [0.25, 0.3) is 0 Å². The normalized spacial score (nSPS) is 15.2. The summed E-state index contributed by atoms with van der Waals surface area (Å²) in [5.41, 5.74) is 6.45. The van der Waals surface area contributed by atoms with Crippen LogP contribution in [0.3, 0.4) is 0 Å². The molecule has 12 heteroatoms. The summed E-state index contributed by atoms with van der Waals surface area (Å²) in [6.07, 6.45) is 2.79. The van der Waals surface area contributed by atoms with E-state index in [1.54, 1.807) is 18.7 Å². The monoisotopic (exact) mass is 512 g/mol. The molecule has 0 aliphatic heterocycles. The molecule has 0 radical (unpaired) electrons. The average Bonchev–Trinajstić information content (AvgIpc) is 2.83. The summed E-state index contributed by atoms with van der Waals surface area (Å²) >= 11 is 1.54. The molecule has 0 saturated carbocycles. The van der Waals surface area contributed by atoms with E-state index in [-0.39, 0.29) is 18.1 Å². The van der Waals surface area contributed by atoms with Gasteiger partial charge in [-0.15, -0.1) is 0 Å². The molecule has 5 atom stereocenters. The maximum atomic E-state index is 12.9. The maximum Gasteiger partial charge on any atom is 0.326 e. The minimum absolute atomic E-state index is 0.0147. The number of carbonyl (C=O) groups is 4. The molecule has 0 saturated heterocycles. The largest absolute Gasteiger partial charge is 0.508 e. The van der Waals surface area contributed by atoms with Gasteiger partial charge in [0.05, 0.1) is 12.6 Å². The third-order valence-electron chi connectivity index (χ3n) is 5.57. The predicted octanol–water partition coefficient (Wildman–Crippen LogP) is -0.407. The summed E-state index contributed by atoms with van der Waals surface area (Å²) < 4.78 is 0. The second-order valence-corrected chi connectivity index (χ2v) is 9.26. The Morgan fingerprint density at radius 2 is 1.60 bits per heavy atom. The first-order chi connectivity index (χ1) is 16.5. The summed E-state index contributed by atoms with van der Waals surface area (Å²) in [6, 6.07) is 1.26. The molecule has 3 amide bonds. The topological polar surface area (TPSA) is 191 Å². The Bertz CT molecular complexity index is 853. The van der Waals surface area contributed by atoms with Gasteiger partial charge in [0.1, 0.15) is 23.9 Å². The number of carbonyl (C=O) groups excluding carboxylic acids is 3. The number of rotatable bonds is 15. The molecule has 5 unspecified atom stereocenters. The molecule has 35 heavy (non-hydrogen) atoms. The predicted molar refractivity (Wildman–Crippen MR) is 133 cm³/mol. The number of aromatic hydroxyl groups is 1. The number of hydrogen-bond donors (Lipinski definition) is 7. The smallest absolute Gasteiger partial charge is 0.326 e. The van der Waals surface area contributed by atoms with Crippen molar-refractivity contribution in [1.82, 2.24) is 16.0 Å². The average molecular weight is 513 g/mol. The molecule has 0 aliphatic rings. The van der Waals surface area contributed by atoms with E-state index < -0.39 is 54.5 Å². The summed E-state index contributed by atoms with van der Waals surface area (Å²) in [7, 11) is 0. The van der Waals surface area contributed by atoms with Gasteiger partial charge in [-0.3, -0.25) is 14.4 Å². The second-order valence-electron chi connectivity index (χ2n) is 8.27. The number of aliphatic hydroxyl groups excluding tert-OH is 1. The van der Waals surface area contributed by atoms with Gasteiger partial charge in [-0.25, -0.2) is 4.79 Å². The van der Waals surface area contributed by atoms with Crippen LogP contribution in [0.15, 0.2) is 24.3 Å². The number of phenolic OH excluding ortho intramolecular Hbond substituents is 1. The van der Waals surface area contributed by atoms with Crippen LogP contribution in [-0.2, 0) is 25.6 Å². The van der Waals surface area contributed by atoms with E-state index in [9.17, 15) is 34.5 Å². The lowest BCUT2D eigenvalue weighted by molar-refractivity contribution is -0.142. The fourth-order valence-electron chi connectivity index (χ4n) is 3.13. The standard InChI is InChI=1S/C23H36N4O7S/c1-4-13(2)19(27-20(30)16(24)9-10-35-3)22(32)26-18(12-28)21(31)25-17(23(33)34)11-14-5-7-15(29)8-6-14/h5-8,13,16-19,28-29H,4,9-12,24H2,1-3H3,(H,25,31)(H,26,32)(H,27,30)(H,33,34). The zero-order valence-electron chi connectivity index (χ0n) is 20.2. The Balaban J connectivity index is 2.88. The zero-order valence-corrected chi connectivity index (χ0v) is 21.0. The molecule has 0 heterocycles. The molecule has 1 aromatic carbocycles. The number of aliphatic hydroxyl groups is 1. The minimum Gasteiger partial charge on any atom is -0.508 e. The number of hydrogen-bond acceptors (Lipinski definition) is 8. The summed E-state index contributed by atoms with van der Waals surface area (Å²) in [5.74, 6) is -2.99. The van der Waals surface area contributed by atoms with Crippen molar-refractivity contribution in [2.24, 2.45) is 11.7 Å². The van der Waals surface area contributed by atoms with Crippen LogP contribution in [0.2, 0.25) is 0 Å². The first-order valence-corrected chi connectivity index (χ1v) is 12.7. The molecule has 1 aromatic rings. The lowest BCUT2D eigenvalue weighted by atomic mass is 9.97. The van der Waals surface area contributed by atoms with E-state index >= 15 is 0 Å². The van der Waals surface area contributed by atoms with Crippen molar-refractivity contribution < 1.29 is 34.5 Å². The van der Waals surface area contributed by atoms with Gasteiger partial charge in [0.2, 0.25) is 17.7 Å². The molecule has 1 rings (SSSR count). The second kappa shape index (κ2) is 15.2. The van der Waals surface area contributed by atoms with Crippen molar-refractivity contribution in [2.45, 2.75) is 57.3 Å². The first kappa shape index (κ1) is 30.2. The molecule has 0 spiro atoms. The van der Waals surface area contributed by atoms with E-state index in [2.05, 4.69) is 16.0 Å². The van der Waals surface area contributed by atoms with Gasteiger partial charge in [0, 0.05) is 6.42 Å². The first-order valence-electron chi connectivity index (χ1n) is 11.3. The van der Waals surface area contributed by atoms with Gasteiger partial charge in [-0.2, -0.15) is 11.8 Å². The van der Waals surface area contributed by atoms with E-state index in [0.717, 1.165) is 0 Å². The lowest BCUT2D eigenvalue weighted by Crippen LogP contribution is -2.59. The number of benzene rings is 1. The van der Waals surface area contributed by atoms with Crippen molar-refractivity contribution in [2.75, 3.05) is 18.6 Å². The maximum absolute atomic E-state index is 12.9. The van der Waals surface area contributed by atoms with Crippen molar-refractivity contribution >= 4 is 35.5 Å². The van der Waals surface area contributed by atoms with Crippen molar-refractivity contribution in [3.05, 3.63) is 29.8 Å². The molecule has 8 N–H and O–H groups in total. The molecule has 0 fully saturated rings. The Morgan fingerprint density at radius 3 is 2.11 bits per heavy atom. The molecule has 0 aliphatic carbocycles. The summed E-state index contributed by atoms with van der Waals surface area (Å²) in [5, 5.41) is 35.9. The SMILES string of the molecule is CCC(C)C(NC(=O)C(N)CCSC)C(=O)NC(CO)C(=O)NC(Cc1ccc(O)cc1)C(=O)O. The van der Waals surface area contributed by atoms with Crippen LogP contribution in [0.5, 0.6) is 5.75 Å². The van der Waals surface area contributed by atoms with Gasteiger partial charge in [-0.05, 0) is 42.0 Å². The Morgan fingerprint density at radius 1 is 1.00 bits per heavy atom. The minimum atomic E-state index is -1.43. The van der Waals surface area contributed by atoms with Gasteiger partial charge in [0.15, 0.2) is 0 Å². The van der Waals surface area contributed by atoms with E-state index in [1.807, 2.05) is 13.2 Å². The van der Waals surface area contributed by atoms with Gasteiger partial charge >= 0.3 is 5.97 Å². The molecule has 196 valence electrons. The highest BCUT2D eigenvalue weighted by Gasteiger charge is 2.32. The quantitative estimate of drug-likeness (QED) is 0.164. The molecule has 11 nitrogen and oxygen atoms in total. The van der Waals surface area contributed by atoms with Crippen molar-refractivity contribution in [3.8, 4) is 5.75 Å². The zero-order chi connectivity index (χ0) is 26.5. The Hall–Kier alpha value is -2.83. The highest BCUT2D eigenvalue weighted by molar-refractivity contribution is 7.98. The highest BCUT2D eigenvalue weighted by Crippen LogP contribution is 2.12. The van der Waals surface area contributed by atoms with E-state index in [0.29, 0.717) is 24.2 Å². The third-order valence-corrected chi connectivity index (χ3v) is 6.21. The lowest BCUT2D eigenvalue weighted by Gasteiger charge is -2.27. The van der Waals surface area contributed by atoms with Gasteiger partial charge in [-0.1, -0.05) is 32.4 Å². The number of nitrogens with one attached hydrogen (secondary N) is 3. The van der Waals surface area contributed by atoms with E-state index in [4.69, 9.17) is 5.73 Å². The fraction of sp³-hybridized carbons (Fsp3) is 0.565. The highest BCUT2D eigenvalue weighted by atomic mass is 32.2. The fourth-order valence-corrected chi connectivity index (χ4v) is 3.62. The third kappa shape index (κ3) is 10.1. The summed E-state index contributed by atoms with van der Waals surface area (Å²) in [6.45, 7) is 2.81. The van der Waals surface area contributed by atoms with E-state index in [1.165, 1.54) is 24.3 Å². The van der Waals surface area contributed by atoms with Gasteiger partial charge < -0.3 is 37.0 Å². The van der Waals surface area contributed by atoms with Crippen LogP contribution < -0.4 is 21.7 Å². The molecular formula is C23H36N4O7S. The number of aliphatic carboxylic acids is 1. The van der Waals surface area contributed by atoms with Crippen LogP contribution in [0.4, 0.5) is 0 Å². The number of amides is 3. The Labute approximate surface area is 209 Å². The van der Waals surface area contributed by atoms with Crippen LogP contribution >= 0.6 is 11.8 Å². The van der Waals surface area contributed by atoms with Crippen LogP contribution in [-0.4, -0.2) is 81.8 Å². The number of carboxylic acid groups (broad SMARTS) is 1. The number of thioether (sulfide) groups is 1. The van der Waals surface area contributed by atoms with Crippen molar-refractivity contribution in [3.63, 3.8) is 0 Å². The summed E-state index contributed by atoms with van der Waals surface area (Å²) in [4.78, 5) is 49.7. The van der Waals surface area contributed by atoms with Crippen LogP contribution in [0, 0.1) is 5.92 Å². The Kier molecular flexibility index (Phi) is 13.1. The molecule has 0 bridgehead atoms. The molecule has 0 aromatic heterocycles. The number of nitrogens with two attached hydrogens (primary N) is 1. The molecular weight excluding hydrogens is 476 g/mol. The number of phenols is 1. The number of carboxylic acids is 1. The van der Waals surface area contributed by atoms with Crippen LogP contribution in [0.25, 0.3) is 0 Å². The van der Waals surface area contributed by atoms with Crippen LogP contribution in [0.1, 0.15) is 32.3 Å². The van der Waals surface area contributed by atoms with Crippen molar-refractivity contribution in [1.29, 1.82) is 0 Å².